The number of hydrogen-bond acceptors (Lipinski definition) is 3. The van der Waals surface area contributed by atoms with Crippen LogP contribution < -0.4 is 4.90 Å². The number of aliphatic hydroxyl groups excluding tert-OH is 1. The van der Waals surface area contributed by atoms with Crippen LogP contribution in [0.4, 0.5) is 5.69 Å². The third-order valence-corrected chi connectivity index (χ3v) is 3.87. The highest BCUT2D eigenvalue weighted by Crippen LogP contribution is 2.21. The van der Waals surface area contributed by atoms with Gasteiger partial charge in [-0.2, -0.15) is 5.26 Å². The molecule has 0 aliphatic rings. The number of rotatable bonds is 7. The van der Waals surface area contributed by atoms with Crippen molar-refractivity contribution in [2.45, 2.75) is 6.42 Å². The Labute approximate surface area is 143 Å². The molecule has 0 saturated carbocycles. The van der Waals surface area contributed by atoms with Crippen molar-refractivity contribution in [2.24, 2.45) is 0 Å². The molecule has 0 aliphatic carbocycles. The normalized spacial score (nSPS) is 11.0. The van der Waals surface area contributed by atoms with Gasteiger partial charge in [-0.15, -0.1) is 0 Å². The third-order valence-electron chi connectivity index (χ3n) is 3.87. The molecule has 2 aromatic carbocycles. The lowest BCUT2D eigenvalue weighted by Crippen LogP contribution is -2.19. The maximum absolute atomic E-state index is 9.44. The second kappa shape index (κ2) is 8.71. The van der Waals surface area contributed by atoms with Crippen molar-refractivity contribution in [1.29, 1.82) is 5.26 Å². The van der Waals surface area contributed by atoms with E-state index in [0.29, 0.717) is 5.57 Å². The summed E-state index contributed by atoms with van der Waals surface area (Å²) in [4.78, 5) is 2.10. The smallest absolute Gasteiger partial charge is 0.0998 e. The van der Waals surface area contributed by atoms with Crippen molar-refractivity contribution in [2.75, 3.05) is 25.1 Å². The molecule has 122 valence electrons. The Morgan fingerprint density at radius 3 is 2.29 bits per heavy atom. The van der Waals surface area contributed by atoms with Gasteiger partial charge in [0.25, 0.3) is 0 Å². The van der Waals surface area contributed by atoms with Crippen molar-refractivity contribution in [1.82, 2.24) is 0 Å². The minimum absolute atomic E-state index is 0.196. The molecule has 0 radical (unpaired) electrons. The average Bonchev–Trinajstić information content (AvgIpc) is 2.64. The maximum atomic E-state index is 9.44. The Morgan fingerprint density at radius 1 is 1.12 bits per heavy atom. The van der Waals surface area contributed by atoms with Gasteiger partial charge < -0.3 is 10.0 Å². The molecule has 3 heteroatoms. The highest BCUT2D eigenvalue weighted by atomic mass is 16.3. The Bertz CT molecular complexity index is 737. The van der Waals surface area contributed by atoms with Crippen LogP contribution in [0.2, 0.25) is 0 Å². The minimum Gasteiger partial charge on any atom is -0.396 e. The monoisotopic (exact) mass is 318 g/mol. The van der Waals surface area contributed by atoms with Crippen LogP contribution >= 0.6 is 0 Å². The van der Waals surface area contributed by atoms with Gasteiger partial charge in [-0.3, -0.25) is 0 Å². The molecule has 1 N–H and O–H groups in total. The third kappa shape index (κ3) is 4.58. The lowest BCUT2D eigenvalue weighted by atomic mass is 10.0. The van der Waals surface area contributed by atoms with Crippen molar-refractivity contribution >= 4 is 23.4 Å². The largest absolute Gasteiger partial charge is 0.396 e. The summed E-state index contributed by atoms with van der Waals surface area (Å²) in [6, 6.07) is 18.1. The van der Waals surface area contributed by atoms with E-state index in [1.807, 2.05) is 61.7 Å². The first kappa shape index (κ1) is 17.5. The number of nitriles is 1. The molecule has 3 nitrogen and oxygen atoms in total. The topological polar surface area (TPSA) is 47.3 Å². The van der Waals surface area contributed by atoms with E-state index in [4.69, 9.17) is 5.11 Å². The Hall–Kier alpha value is -2.83. The Morgan fingerprint density at radius 2 is 1.75 bits per heavy atom. The molecule has 0 amide bonds. The van der Waals surface area contributed by atoms with Crippen LogP contribution in [0.1, 0.15) is 23.1 Å². The Balaban J connectivity index is 2.18. The predicted molar refractivity (Wildman–Crippen MR) is 101 cm³/mol. The van der Waals surface area contributed by atoms with E-state index in [1.54, 1.807) is 6.08 Å². The van der Waals surface area contributed by atoms with E-state index in [2.05, 4.69) is 17.5 Å². The van der Waals surface area contributed by atoms with Crippen molar-refractivity contribution in [3.05, 3.63) is 71.8 Å². The number of anilines is 1. The van der Waals surface area contributed by atoms with Crippen LogP contribution in [0.3, 0.4) is 0 Å². The molecular weight excluding hydrogens is 296 g/mol. The van der Waals surface area contributed by atoms with Gasteiger partial charge in [0.05, 0.1) is 11.6 Å². The maximum Gasteiger partial charge on any atom is 0.0998 e. The lowest BCUT2D eigenvalue weighted by Gasteiger charge is -2.18. The predicted octanol–water partition coefficient (Wildman–Crippen LogP) is 4.21. The van der Waals surface area contributed by atoms with Gasteiger partial charge in [0.1, 0.15) is 0 Å². The van der Waals surface area contributed by atoms with Gasteiger partial charge in [0, 0.05) is 25.9 Å². The molecule has 0 heterocycles. The van der Waals surface area contributed by atoms with Gasteiger partial charge in [-0.05, 0) is 41.3 Å². The van der Waals surface area contributed by atoms with Crippen molar-refractivity contribution in [3.63, 3.8) is 0 Å². The Kier molecular flexibility index (Phi) is 6.36. The van der Waals surface area contributed by atoms with E-state index < -0.39 is 0 Å². The van der Waals surface area contributed by atoms with Crippen LogP contribution in [0.15, 0.2) is 55.1 Å². The van der Waals surface area contributed by atoms with E-state index in [9.17, 15) is 5.26 Å². The molecule has 24 heavy (non-hydrogen) atoms. The molecule has 0 aliphatic heterocycles. The van der Waals surface area contributed by atoms with Gasteiger partial charge in [0.2, 0.25) is 0 Å². The summed E-state index contributed by atoms with van der Waals surface area (Å²) in [5.74, 6) is 0. The molecule has 0 aromatic heterocycles. The summed E-state index contributed by atoms with van der Waals surface area (Å²) < 4.78 is 0. The van der Waals surface area contributed by atoms with E-state index in [1.165, 1.54) is 0 Å². The van der Waals surface area contributed by atoms with Crippen LogP contribution in [0.5, 0.6) is 0 Å². The quantitative estimate of drug-likeness (QED) is 0.614. The van der Waals surface area contributed by atoms with E-state index in [-0.39, 0.29) is 6.61 Å². The summed E-state index contributed by atoms with van der Waals surface area (Å²) in [6.45, 7) is 4.74. The fraction of sp³-hybridized carbons (Fsp3) is 0.190. The zero-order valence-electron chi connectivity index (χ0n) is 13.9. The first-order valence-electron chi connectivity index (χ1n) is 7.94. The second-order valence-electron chi connectivity index (χ2n) is 5.59. The van der Waals surface area contributed by atoms with Crippen LogP contribution in [0.25, 0.3) is 17.7 Å². The molecule has 0 spiro atoms. The highest BCUT2D eigenvalue weighted by molar-refractivity contribution is 5.89. The molecule has 2 aromatic rings. The number of allylic oxidation sites excluding steroid dienone is 1. The summed E-state index contributed by atoms with van der Waals surface area (Å²) in [5, 5.41) is 18.3. The molecule has 0 saturated heterocycles. The molecule has 0 fully saturated rings. The number of aliphatic hydroxyl groups is 1. The van der Waals surface area contributed by atoms with E-state index >= 15 is 0 Å². The standard InChI is InChI=1S/C21H22N2O/c1-3-17-5-9-19(10-6-17)20(16-22)15-18-7-11-21(12-8-18)23(2)13-4-14-24/h3,5-12,15,24H,1,4,13-14H2,2H3/b20-15+. The second-order valence-corrected chi connectivity index (χ2v) is 5.59. The SMILES string of the molecule is C=Cc1ccc(/C(C#N)=C/c2ccc(N(C)CCCO)cc2)cc1. The van der Waals surface area contributed by atoms with Gasteiger partial charge in [-0.25, -0.2) is 0 Å². The zero-order valence-corrected chi connectivity index (χ0v) is 13.9. The fourth-order valence-corrected chi connectivity index (χ4v) is 2.41. The average molecular weight is 318 g/mol. The first-order chi connectivity index (χ1) is 11.7. The molecule has 0 atom stereocenters. The van der Waals surface area contributed by atoms with Gasteiger partial charge >= 0.3 is 0 Å². The fourth-order valence-electron chi connectivity index (χ4n) is 2.41. The molecule has 0 unspecified atom stereocenters. The summed E-state index contributed by atoms with van der Waals surface area (Å²) >= 11 is 0. The van der Waals surface area contributed by atoms with Crippen LogP contribution in [-0.4, -0.2) is 25.3 Å². The molecular formula is C21H22N2O. The number of nitrogens with zero attached hydrogens (tertiary/aromatic N) is 2. The summed E-state index contributed by atoms with van der Waals surface area (Å²) in [6.07, 6.45) is 4.42. The van der Waals surface area contributed by atoms with Gasteiger partial charge in [-0.1, -0.05) is 49.1 Å². The molecule has 0 bridgehead atoms. The molecule has 2 rings (SSSR count). The van der Waals surface area contributed by atoms with Crippen molar-refractivity contribution < 1.29 is 5.11 Å². The van der Waals surface area contributed by atoms with E-state index in [0.717, 1.165) is 35.3 Å². The summed E-state index contributed by atoms with van der Waals surface area (Å²) in [5.41, 5.74) is 4.64. The number of benzene rings is 2. The highest BCUT2D eigenvalue weighted by Gasteiger charge is 2.03. The van der Waals surface area contributed by atoms with Crippen LogP contribution in [-0.2, 0) is 0 Å². The lowest BCUT2D eigenvalue weighted by molar-refractivity contribution is 0.290. The minimum atomic E-state index is 0.196. The zero-order chi connectivity index (χ0) is 17.4. The number of hydrogen-bond donors (Lipinski definition) is 1. The van der Waals surface area contributed by atoms with Crippen molar-refractivity contribution in [3.8, 4) is 6.07 Å². The summed E-state index contributed by atoms with van der Waals surface area (Å²) in [7, 11) is 2.00. The van der Waals surface area contributed by atoms with Gasteiger partial charge in [0.15, 0.2) is 0 Å². The first-order valence-corrected chi connectivity index (χ1v) is 7.94. The van der Waals surface area contributed by atoms with Crippen LogP contribution in [0, 0.1) is 11.3 Å².